The van der Waals surface area contributed by atoms with Crippen molar-refractivity contribution in [3.05, 3.63) is 30.1 Å². The molecule has 1 heterocycles. The van der Waals surface area contributed by atoms with Crippen molar-refractivity contribution < 1.29 is 0 Å². The van der Waals surface area contributed by atoms with Crippen LogP contribution in [0.4, 0.5) is 0 Å². The van der Waals surface area contributed by atoms with Gasteiger partial charge in [0.2, 0.25) is 0 Å². The molecule has 0 aromatic carbocycles. The van der Waals surface area contributed by atoms with Crippen LogP contribution in [0.15, 0.2) is 24.5 Å². The van der Waals surface area contributed by atoms with E-state index in [1.807, 2.05) is 12.4 Å². The molecule has 1 aromatic rings. The Kier molecular flexibility index (Phi) is 5.34. The Labute approximate surface area is 117 Å². The van der Waals surface area contributed by atoms with Crippen LogP contribution in [0.25, 0.3) is 0 Å². The van der Waals surface area contributed by atoms with Crippen LogP contribution in [0.3, 0.4) is 0 Å². The van der Waals surface area contributed by atoms with E-state index in [4.69, 9.17) is 5.73 Å². The van der Waals surface area contributed by atoms with E-state index < -0.39 is 0 Å². The fourth-order valence-corrected chi connectivity index (χ4v) is 3.53. The summed E-state index contributed by atoms with van der Waals surface area (Å²) in [7, 11) is 0. The van der Waals surface area contributed by atoms with Gasteiger partial charge in [0.15, 0.2) is 0 Å². The maximum atomic E-state index is 5.99. The van der Waals surface area contributed by atoms with Gasteiger partial charge in [0.1, 0.15) is 0 Å². The molecule has 106 valence electrons. The maximum Gasteiger partial charge on any atom is 0.0323 e. The summed E-state index contributed by atoms with van der Waals surface area (Å²) in [5, 5.41) is 0. The molecule has 3 atom stereocenters. The molecule has 3 heteroatoms. The second-order valence-electron chi connectivity index (χ2n) is 5.63. The normalized spacial score (nSPS) is 25.5. The molecule has 0 spiro atoms. The number of nitrogens with zero attached hydrogens (tertiary/aromatic N) is 2. The van der Waals surface area contributed by atoms with Gasteiger partial charge in [-0.15, -0.1) is 0 Å². The summed E-state index contributed by atoms with van der Waals surface area (Å²) in [4.78, 5) is 6.75. The lowest BCUT2D eigenvalue weighted by atomic mass is 9.82. The van der Waals surface area contributed by atoms with Gasteiger partial charge in [0, 0.05) is 24.5 Å². The third kappa shape index (κ3) is 3.34. The van der Waals surface area contributed by atoms with Gasteiger partial charge in [0.05, 0.1) is 0 Å². The molecular formula is C16H27N3. The molecule has 19 heavy (non-hydrogen) atoms. The fourth-order valence-electron chi connectivity index (χ4n) is 3.53. The minimum absolute atomic E-state index is 0.449. The monoisotopic (exact) mass is 261 g/mol. The number of nitrogens with two attached hydrogens (primary N) is 1. The number of aromatic nitrogens is 1. The van der Waals surface area contributed by atoms with Crippen molar-refractivity contribution in [1.82, 2.24) is 9.88 Å². The first-order valence-electron chi connectivity index (χ1n) is 7.63. The molecule has 3 nitrogen and oxygen atoms in total. The van der Waals surface area contributed by atoms with Gasteiger partial charge in [0.25, 0.3) is 0 Å². The van der Waals surface area contributed by atoms with Gasteiger partial charge in [-0.1, -0.05) is 19.8 Å². The van der Waals surface area contributed by atoms with Crippen molar-refractivity contribution in [2.24, 2.45) is 11.7 Å². The van der Waals surface area contributed by atoms with Gasteiger partial charge in [-0.05, 0) is 56.5 Å². The summed E-state index contributed by atoms with van der Waals surface area (Å²) in [5.74, 6) is 0.665. The molecule has 2 rings (SSSR count). The highest BCUT2D eigenvalue weighted by atomic mass is 15.2. The highest BCUT2D eigenvalue weighted by molar-refractivity contribution is 5.14. The van der Waals surface area contributed by atoms with Crippen molar-refractivity contribution in [1.29, 1.82) is 0 Å². The first kappa shape index (κ1) is 14.5. The number of rotatable bonds is 5. The Balaban J connectivity index is 2.14. The van der Waals surface area contributed by atoms with E-state index in [1.54, 1.807) is 0 Å². The second-order valence-corrected chi connectivity index (χ2v) is 5.63. The van der Waals surface area contributed by atoms with Crippen molar-refractivity contribution in [3.63, 3.8) is 0 Å². The predicted octanol–water partition coefficient (Wildman–Crippen LogP) is 2.98. The molecule has 2 N–H and O–H groups in total. The van der Waals surface area contributed by atoms with Crippen LogP contribution < -0.4 is 5.73 Å². The van der Waals surface area contributed by atoms with E-state index in [-0.39, 0.29) is 0 Å². The average molecular weight is 261 g/mol. The van der Waals surface area contributed by atoms with E-state index in [2.05, 4.69) is 35.9 Å². The summed E-state index contributed by atoms with van der Waals surface area (Å²) < 4.78 is 0. The lowest BCUT2D eigenvalue weighted by molar-refractivity contribution is 0.0769. The summed E-state index contributed by atoms with van der Waals surface area (Å²) in [5.41, 5.74) is 7.35. The smallest absolute Gasteiger partial charge is 0.0323 e. The summed E-state index contributed by atoms with van der Waals surface area (Å²) in [6.45, 7) is 6.48. The topological polar surface area (TPSA) is 42.2 Å². The van der Waals surface area contributed by atoms with E-state index in [9.17, 15) is 0 Å². The predicted molar refractivity (Wildman–Crippen MR) is 79.8 cm³/mol. The molecule has 1 aliphatic rings. The zero-order valence-electron chi connectivity index (χ0n) is 12.3. The SMILES string of the molecule is CCN(C(C)c1ccncc1)C1CCCCC1CN. The quantitative estimate of drug-likeness (QED) is 0.886. The summed E-state index contributed by atoms with van der Waals surface area (Å²) in [6.07, 6.45) is 9.06. The van der Waals surface area contributed by atoms with Crippen LogP contribution >= 0.6 is 0 Å². The molecular weight excluding hydrogens is 234 g/mol. The maximum absolute atomic E-state index is 5.99. The lowest BCUT2D eigenvalue weighted by Gasteiger charge is -2.42. The minimum Gasteiger partial charge on any atom is -0.330 e. The molecule has 3 unspecified atom stereocenters. The van der Waals surface area contributed by atoms with Gasteiger partial charge < -0.3 is 5.73 Å². The first-order valence-corrected chi connectivity index (χ1v) is 7.63. The summed E-state index contributed by atoms with van der Waals surface area (Å²) in [6, 6.07) is 5.36. The van der Waals surface area contributed by atoms with E-state index in [1.165, 1.54) is 31.2 Å². The zero-order chi connectivity index (χ0) is 13.7. The van der Waals surface area contributed by atoms with Crippen molar-refractivity contribution in [2.45, 2.75) is 51.6 Å². The van der Waals surface area contributed by atoms with Crippen LogP contribution in [0.5, 0.6) is 0 Å². The van der Waals surface area contributed by atoms with Crippen LogP contribution in [0, 0.1) is 5.92 Å². The Hall–Kier alpha value is -0.930. The lowest BCUT2D eigenvalue weighted by Crippen LogP contribution is -2.46. The van der Waals surface area contributed by atoms with Gasteiger partial charge in [-0.25, -0.2) is 0 Å². The molecule has 0 amide bonds. The van der Waals surface area contributed by atoms with Crippen LogP contribution in [0.1, 0.15) is 51.1 Å². The van der Waals surface area contributed by atoms with E-state index in [0.29, 0.717) is 18.0 Å². The second kappa shape index (κ2) is 7.01. The molecule has 0 radical (unpaired) electrons. The largest absolute Gasteiger partial charge is 0.330 e. The molecule has 0 saturated heterocycles. The van der Waals surface area contributed by atoms with Gasteiger partial charge in [-0.2, -0.15) is 0 Å². The minimum atomic E-state index is 0.449. The third-order valence-electron chi connectivity index (χ3n) is 4.65. The van der Waals surface area contributed by atoms with Gasteiger partial charge >= 0.3 is 0 Å². The van der Waals surface area contributed by atoms with Crippen molar-refractivity contribution in [3.8, 4) is 0 Å². The van der Waals surface area contributed by atoms with Gasteiger partial charge in [-0.3, -0.25) is 9.88 Å². The van der Waals surface area contributed by atoms with E-state index in [0.717, 1.165) is 13.1 Å². The van der Waals surface area contributed by atoms with Crippen molar-refractivity contribution in [2.75, 3.05) is 13.1 Å². The van der Waals surface area contributed by atoms with E-state index >= 15 is 0 Å². The molecule has 0 aliphatic heterocycles. The highest BCUT2D eigenvalue weighted by Gasteiger charge is 2.31. The van der Waals surface area contributed by atoms with Crippen molar-refractivity contribution >= 4 is 0 Å². The Bertz CT molecular complexity index is 366. The number of hydrogen-bond donors (Lipinski definition) is 1. The molecule has 0 bridgehead atoms. The zero-order valence-corrected chi connectivity index (χ0v) is 12.3. The standard InChI is InChI=1S/C16H27N3/c1-3-19(13(2)14-8-10-18-11-9-14)16-7-5-4-6-15(16)12-17/h8-11,13,15-16H,3-7,12,17H2,1-2H3. The van der Waals surface area contributed by atoms with Crippen LogP contribution in [0.2, 0.25) is 0 Å². The Morgan fingerprint density at radius 1 is 1.32 bits per heavy atom. The Morgan fingerprint density at radius 3 is 2.63 bits per heavy atom. The third-order valence-corrected chi connectivity index (χ3v) is 4.65. The average Bonchev–Trinajstić information content (AvgIpc) is 2.49. The van der Waals surface area contributed by atoms with Crippen LogP contribution in [-0.4, -0.2) is 29.0 Å². The molecule has 1 aliphatic carbocycles. The van der Waals surface area contributed by atoms with Crippen LogP contribution in [-0.2, 0) is 0 Å². The molecule has 1 aromatic heterocycles. The fraction of sp³-hybridized carbons (Fsp3) is 0.688. The molecule has 1 saturated carbocycles. The first-order chi connectivity index (χ1) is 9.27. The highest BCUT2D eigenvalue weighted by Crippen LogP contribution is 2.32. The molecule has 1 fully saturated rings. The number of hydrogen-bond acceptors (Lipinski definition) is 3. The number of pyridine rings is 1. The Morgan fingerprint density at radius 2 is 2.00 bits per heavy atom. The summed E-state index contributed by atoms with van der Waals surface area (Å²) >= 11 is 0.